The van der Waals surface area contributed by atoms with Crippen LogP contribution >= 0.6 is 0 Å². The van der Waals surface area contributed by atoms with Gasteiger partial charge in [-0.05, 0) is 31.2 Å². The molecule has 2 amide bonds. The molecule has 0 bridgehead atoms. The summed E-state index contributed by atoms with van der Waals surface area (Å²) in [4.78, 5) is 22.0. The van der Waals surface area contributed by atoms with Gasteiger partial charge in [0.1, 0.15) is 0 Å². The number of benzene rings is 1. The van der Waals surface area contributed by atoms with Crippen LogP contribution in [0.15, 0.2) is 24.3 Å². The van der Waals surface area contributed by atoms with Crippen LogP contribution in [-0.4, -0.2) is 28.2 Å². The molecular weight excluding hydrogens is 274 g/mol. The molecule has 0 atom stereocenters. The Kier molecular flexibility index (Phi) is 5.10. The Morgan fingerprint density at radius 2 is 2.05 bits per heavy atom. The Morgan fingerprint density at radius 1 is 1.33 bits per heavy atom. The fourth-order valence-electron chi connectivity index (χ4n) is 2.42. The average molecular weight is 293 g/mol. The average Bonchev–Trinajstić information content (AvgIpc) is 2.48. The van der Waals surface area contributed by atoms with Crippen LogP contribution < -0.4 is 10.6 Å². The van der Waals surface area contributed by atoms with Crippen LogP contribution in [0.5, 0.6) is 0 Å². The minimum absolute atomic E-state index is 0.0102. The summed E-state index contributed by atoms with van der Waals surface area (Å²) in [5.74, 6) is 0. The van der Waals surface area contributed by atoms with E-state index in [1.54, 1.807) is 12.1 Å². The lowest BCUT2D eigenvalue weighted by molar-refractivity contribution is -0.384. The zero-order chi connectivity index (χ0) is 15.2. The lowest BCUT2D eigenvalue weighted by Crippen LogP contribution is -2.43. The second-order valence-corrected chi connectivity index (χ2v) is 5.26. The van der Waals surface area contributed by atoms with Crippen LogP contribution in [0.3, 0.4) is 0 Å². The maximum Gasteiger partial charge on any atom is 0.315 e. The largest absolute Gasteiger partial charge is 0.393 e. The first kappa shape index (κ1) is 15.2. The number of nitro groups is 1. The van der Waals surface area contributed by atoms with Gasteiger partial charge in [-0.2, -0.15) is 0 Å². The zero-order valence-corrected chi connectivity index (χ0v) is 11.6. The van der Waals surface area contributed by atoms with Gasteiger partial charge < -0.3 is 15.7 Å². The highest BCUT2D eigenvalue weighted by atomic mass is 16.6. The SMILES string of the molecule is O=C(NCc1cccc([N+](=O)[O-])c1)NC1CCC(O)CC1. The molecule has 1 aliphatic carbocycles. The topological polar surface area (TPSA) is 104 Å². The quantitative estimate of drug-likeness (QED) is 0.580. The van der Waals surface area contributed by atoms with E-state index >= 15 is 0 Å². The normalized spacial score (nSPS) is 21.6. The molecule has 0 unspecified atom stereocenters. The van der Waals surface area contributed by atoms with Gasteiger partial charge in [-0.15, -0.1) is 0 Å². The smallest absolute Gasteiger partial charge is 0.315 e. The molecule has 1 fully saturated rings. The third-order valence-corrected chi connectivity index (χ3v) is 3.61. The third-order valence-electron chi connectivity index (χ3n) is 3.61. The molecule has 0 radical (unpaired) electrons. The second kappa shape index (κ2) is 7.03. The number of nitrogens with zero attached hydrogens (tertiary/aromatic N) is 1. The molecule has 0 saturated heterocycles. The lowest BCUT2D eigenvalue weighted by Gasteiger charge is -2.26. The predicted molar refractivity (Wildman–Crippen MR) is 76.7 cm³/mol. The maximum atomic E-state index is 11.8. The lowest BCUT2D eigenvalue weighted by atomic mass is 9.93. The molecule has 0 heterocycles. The molecule has 0 aliphatic heterocycles. The van der Waals surface area contributed by atoms with Crippen LogP contribution in [0.25, 0.3) is 0 Å². The molecule has 21 heavy (non-hydrogen) atoms. The second-order valence-electron chi connectivity index (χ2n) is 5.26. The number of carbonyl (C=O) groups excluding carboxylic acids is 1. The molecule has 1 saturated carbocycles. The van der Waals surface area contributed by atoms with Gasteiger partial charge in [0, 0.05) is 24.7 Å². The summed E-state index contributed by atoms with van der Waals surface area (Å²) in [6.07, 6.45) is 2.69. The van der Waals surface area contributed by atoms with Crippen molar-refractivity contribution in [3.05, 3.63) is 39.9 Å². The van der Waals surface area contributed by atoms with E-state index in [4.69, 9.17) is 0 Å². The maximum absolute atomic E-state index is 11.8. The van der Waals surface area contributed by atoms with Crippen molar-refractivity contribution in [1.29, 1.82) is 0 Å². The van der Waals surface area contributed by atoms with Crippen molar-refractivity contribution in [2.75, 3.05) is 0 Å². The molecule has 1 aromatic carbocycles. The summed E-state index contributed by atoms with van der Waals surface area (Å²) in [5.41, 5.74) is 0.689. The molecule has 0 aromatic heterocycles. The Hall–Kier alpha value is -2.15. The molecule has 0 spiro atoms. The van der Waals surface area contributed by atoms with Crippen molar-refractivity contribution in [1.82, 2.24) is 10.6 Å². The van der Waals surface area contributed by atoms with E-state index in [0.717, 1.165) is 12.8 Å². The predicted octanol–water partition coefficient (Wildman–Crippen LogP) is 1.70. The fourth-order valence-corrected chi connectivity index (χ4v) is 2.42. The number of aliphatic hydroxyl groups is 1. The number of nitro benzene ring substituents is 1. The Bertz CT molecular complexity index is 513. The van der Waals surface area contributed by atoms with Gasteiger partial charge in [-0.3, -0.25) is 10.1 Å². The molecule has 114 valence electrons. The number of urea groups is 1. The van der Waals surface area contributed by atoms with Crippen molar-refractivity contribution in [3.63, 3.8) is 0 Å². The fraction of sp³-hybridized carbons (Fsp3) is 0.500. The standard InChI is InChI=1S/C14H19N3O4/c18-13-6-4-11(5-7-13)16-14(19)15-9-10-2-1-3-12(8-10)17(20)21/h1-3,8,11,13,18H,4-7,9H2,(H2,15,16,19). The van der Waals surface area contributed by atoms with Gasteiger partial charge in [0.2, 0.25) is 0 Å². The van der Waals surface area contributed by atoms with Crippen molar-refractivity contribution in [2.45, 2.75) is 44.4 Å². The Morgan fingerprint density at radius 3 is 2.71 bits per heavy atom. The summed E-state index contributed by atoms with van der Waals surface area (Å²) < 4.78 is 0. The number of carbonyl (C=O) groups is 1. The van der Waals surface area contributed by atoms with E-state index in [1.165, 1.54) is 12.1 Å². The summed E-state index contributed by atoms with van der Waals surface area (Å²) in [5, 5.41) is 25.6. The van der Waals surface area contributed by atoms with Crippen molar-refractivity contribution < 1.29 is 14.8 Å². The van der Waals surface area contributed by atoms with Crippen LogP contribution in [0.1, 0.15) is 31.2 Å². The minimum Gasteiger partial charge on any atom is -0.393 e. The van der Waals surface area contributed by atoms with Crippen molar-refractivity contribution in [2.24, 2.45) is 0 Å². The highest BCUT2D eigenvalue weighted by Gasteiger charge is 2.20. The number of aliphatic hydroxyl groups excluding tert-OH is 1. The first-order valence-electron chi connectivity index (χ1n) is 7.00. The van der Waals surface area contributed by atoms with E-state index in [-0.39, 0.29) is 30.4 Å². The molecule has 2 rings (SSSR count). The third kappa shape index (κ3) is 4.71. The minimum atomic E-state index is -0.461. The van der Waals surface area contributed by atoms with E-state index in [1.807, 2.05) is 0 Å². The van der Waals surface area contributed by atoms with Gasteiger partial charge in [-0.25, -0.2) is 4.79 Å². The first-order chi connectivity index (χ1) is 10.0. The van der Waals surface area contributed by atoms with E-state index in [0.29, 0.717) is 18.4 Å². The van der Waals surface area contributed by atoms with Gasteiger partial charge in [0.15, 0.2) is 0 Å². The summed E-state index contributed by atoms with van der Waals surface area (Å²) in [6.45, 7) is 0.239. The summed E-state index contributed by atoms with van der Waals surface area (Å²) in [6, 6.07) is 5.97. The summed E-state index contributed by atoms with van der Waals surface area (Å²) >= 11 is 0. The van der Waals surface area contributed by atoms with Crippen LogP contribution in [0.2, 0.25) is 0 Å². The molecule has 1 aliphatic rings. The Labute approximate surface area is 122 Å². The molecular formula is C14H19N3O4. The van der Waals surface area contributed by atoms with E-state index in [2.05, 4.69) is 10.6 Å². The van der Waals surface area contributed by atoms with Crippen molar-refractivity contribution >= 4 is 11.7 Å². The summed E-state index contributed by atoms with van der Waals surface area (Å²) in [7, 11) is 0. The highest BCUT2D eigenvalue weighted by molar-refractivity contribution is 5.74. The van der Waals surface area contributed by atoms with Crippen LogP contribution in [0.4, 0.5) is 10.5 Å². The number of hydrogen-bond donors (Lipinski definition) is 3. The number of non-ortho nitro benzene ring substituents is 1. The van der Waals surface area contributed by atoms with Gasteiger partial charge >= 0.3 is 6.03 Å². The first-order valence-corrected chi connectivity index (χ1v) is 7.00. The van der Waals surface area contributed by atoms with Crippen LogP contribution in [-0.2, 0) is 6.54 Å². The number of nitrogens with one attached hydrogen (secondary N) is 2. The van der Waals surface area contributed by atoms with E-state index in [9.17, 15) is 20.0 Å². The number of amides is 2. The van der Waals surface area contributed by atoms with Gasteiger partial charge in [0.25, 0.3) is 5.69 Å². The van der Waals surface area contributed by atoms with Crippen LogP contribution in [0, 0.1) is 10.1 Å². The zero-order valence-electron chi connectivity index (χ0n) is 11.6. The highest BCUT2D eigenvalue weighted by Crippen LogP contribution is 2.18. The molecule has 7 nitrogen and oxygen atoms in total. The van der Waals surface area contributed by atoms with Gasteiger partial charge in [0.05, 0.1) is 11.0 Å². The monoisotopic (exact) mass is 293 g/mol. The van der Waals surface area contributed by atoms with E-state index < -0.39 is 4.92 Å². The molecule has 7 heteroatoms. The van der Waals surface area contributed by atoms with Gasteiger partial charge in [-0.1, -0.05) is 12.1 Å². The molecule has 3 N–H and O–H groups in total. The van der Waals surface area contributed by atoms with Crippen molar-refractivity contribution in [3.8, 4) is 0 Å². The molecule has 1 aromatic rings. The Balaban J connectivity index is 1.78. The number of hydrogen-bond acceptors (Lipinski definition) is 4. The number of rotatable bonds is 4.